The molecule has 1 saturated carbocycles. The first-order valence-corrected chi connectivity index (χ1v) is 26.3. The highest BCUT2D eigenvalue weighted by atomic mass is 15.0. The predicted octanol–water partition coefficient (Wildman–Crippen LogP) is 14.6. The molecule has 5 heteroatoms. The van der Waals surface area contributed by atoms with Gasteiger partial charge in [0.15, 0.2) is 5.84 Å². The first-order valence-electron chi connectivity index (χ1n) is 26.3. The highest BCUT2D eigenvalue weighted by molar-refractivity contribution is 6.11. The minimum absolute atomic E-state index is 0.139. The molecule has 7 aromatic carbocycles. The molecule has 0 amide bonds. The molecule has 1 atom stereocenters. The number of fused-ring (bicyclic) bond motifs is 2. The van der Waals surface area contributed by atoms with Gasteiger partial charge in [-0.2, -0.15) is 0 Å². The van der Waals surface area contributed by atoms with Gasteiger partial charge in [0.2, 0.25) is 0 Å². The van der Waals surface area contributed by atoms with Crippen LogP contribution in [0.4, 0.5) is 0 Å². The van der Waals surface area contributed by atoms with E-state index in [-0.39, 0.29) is 11.5 Å². The maximum atomic E-state index is 6.97. The Labute approximate surface area is 439 Å². The first kappa shape index (κ1) is 50.8. The van der Waals surface area contributed by atoms with E-state index in [1.807, 2.05) is 19.1 Å². The van der Waals surface area contributed by atoms with Crippen LogP contribution in [0.1, 0.15) is 127 Å². The number of nitrogens with zero attached hydrogens (tertiary/aromatic N) is 3. The van der Waals surface area contributed by atoms with Crippen molar-refractivity contribution in [1.82, 2.24) is 5.32 Å². The van der Waals surface area contributed by atoms with E-state index in [1.165, 1.54) is 52.3 Å². The molecule has 0 aromatic heterocycles. The second kappa shape index (κ2) is 23.6. The molecule has 2 aliphatic carbocycles. The van der Waals surface area contributed by atoms with Gasteiger partial charge >= 0.3 is 0 Å². The van der Waals surface area contributed by atoms with Crippen LogP contribution in [0, 0.1) is 0 Å². The maximum absolute atomic E-state index is 6.97. The summed E-state index contributed by atoms with van der Waals surface area (Å²) in [7, 11) is 0. The van der Waals surface area contributed by atoms with E-state index in [2.05, 4.69) is 221 Å². The zero-order valence-corrected chi connectivity index (χ0v) is 43.5. The number of allylic oxidation sites excluding steroid dienone is 3. The fourth-order valence-electron chi connectivity index (χ4n) is 10.7. The van der Waals surface area contributed by atoms with Crippen LogP contribution in [-0.4, -0.2) is 23.9 Å². The highest BCUT2D eigenvalue weighted by Crippen LogP contribution is 2.45. The summed E-state index contributed by atoms with van der Waals surface area (Å²) in [6, 6.07) is 54.3. The molecule has 1 unspecified atom stereocenters. The molecule has 0 saturated heterocycles. The zero-order valence-electron chi connectivity index (χ0n) is 43.5. The summed E-state index contributed by atoms with van der Waals surface area (Å²) in [4.78, 5) is 15.7. The molecule has 0 heterocycles. The molecule has 2 aliphatic rings. The predicted molar refractivity (Wildman–Crippen MR) is 318 cm³/mol. The van der Waals surface area contributed by atoms with Crippen molar-refractivity contribution in [2.24, 2.45) is 20.7 Å². The number of amidine groups is 2. The number of hydrogen-bond donors (Lipinski definition) is 2. The fraction of sp³-hybridized carbons (Fsp3) is 0.203. The summed E-state index contributed by atoms with van der Waals surface area (Å²) in [5.41, 5.74) is 22.0. The fourth-order valence-corrected chi connectivity index (χ4v) is 10.7. The summed E-state index contributed by atoms with van der Waals surface area (Å²) in [6.07, 6.45) is 22.6. The van der Waals surface area contributed by atoms with E-state index in [0.717, 1.165) is 92.0 Å². The molecule has 0 aliphatic heterocycles. The standard InChI is InChI=1S/C69H69N5/c1-7-19-59-45-63(31-28-53(59)9-3)68(72-46-51-26-27-54-21-12-15-24-61(54)43-51)74-67(70)57-34-38-65(39-35-57)69(40-17-10-18-41-69)64-36-32-56(33-37-64)66(73-50(6)58-30-29-55-22-13-16-25-62(55)44-58)47-71-49(5)48(4)42-60-23-14-11-20-52(60)8-2/h7-9,11,13-16,19-20,22-39,42-45,66,71H,3-5,10,12,17-18,21,40-41,46-47H2,1-2,6H3,(H2,70,72,74)/b19-7-,52-8-,60-42-,73-50+. The Hall–Kier alpha value is -8.15. The molecule has 5 nitrogen and oxygen atoms in total. The normalized spacial score (nSPS) is 15.8. The van der Waals surface area contributed by atoms with Crippen molar-refractivity contribution in [2.75, 3.05) is 6.54 Å². The lowest BCUT2D eigenvalue weighted by atomic mass is 9.65. The average molecular weight is 968 g/mol. The van der Waals surface area contributed by atoms with Gasteiger partial charge in [0, 0.05) is 34.5 Å². The summed E-state index contributed by atoms with van der Waals surface area (Å²) >= 11 is 0. The van der Waals surface area contributed by atoms with Crippen molar-refractivity contribution in [1.29, 1.82) is 0 Å². The Bertz CT molecular complexity index is 3480. The van der Waals surface area contributed by atoms with Gasteiger partial charge in [0.1, 0.15) is 5.84 Å². The van der Waals surface area contributed by atoms with Crippen LogP contribution in [-0.2, 0) is 18.4 Å². The number of aryl methyl sites for hydroxylation is 1. The second-order valence-corrected chi connectivity index (χ2v) is 19.7. The van der Waals surface area contributed by atoms with Gasteiger partial charge in [-0.05, 0) is 148 Å². The topological polar surface area (TPSA) is 75.1 Å². The van der Waals surface area contributed by atoms with Crippen molar-refractivity contribution in [3.05, 3.63) is 266 Å². The number of aliphatic imine (C=N–C) groups is 3. The largest absolute Gasteiger partial charge is 0.383 e. The number of nitrogens with two attached hydrogens (primary N) is 1. The summed E-state index contributed by atoms with van der Waals surface area (Å²) in [5.74, 6) is 1.03. The van der Waals surface area contributed by atoms with E-state index in [4.69, 9.17) is 20.7 Å². The number of nitrogens with one attached hydrogen (secondary N) is 1. The smallest absolute Gasteiger partial charge is 0.157 e. The minimum Gasteiger partial charge on any atom is -0.383 e. The Morgan fingerprint density at radius 3 is 2.18 bits per heavy atom. The summed E-state index contributed by atoms with van der Waals surface area (Å²) < 4.78 is 0. The van der Waals surface area contributed by atoms with Gasteiger partial charge in [0.25, 0.3) is 0 Å². The number of rotatable bonds is 16. The van der Waals surface area contributed by atoms with Crippen LogP contribution < -0.4 is 21.5 Å². The van der Waals surface area contributed by atoms with Gasteiger partial charge < -0.3 is 11.1 Å². The zero-order chi connectivity index (χ0) is 51.4. The molecule has 1 fully saturated rings. The first-order chi connectivity index (χ1) is 36.1. The van der Waals surface area contributed by atoms with Gasteiger partial charge in [-0.25, -0.2) is 4.99 Å². The molecule has 0 bridgehead atoms. The third kappa shape index (κ3) is 11.7. The molecular weight excluding hydrogens is 899 g/mol. The minimum atomic E-state index is -0.182. The van der Waals surface area contributed by atoms with Crippen molar-refractivity contribution in [2.45, 2.75) is 83.7 Å². The lowest BCUT2D eigenvalue weighted by molar-refractivity contribution is 0.346. The van der Waals surface area contributed by atoms with Crippen LogP contribution in [0.15, 0.2) is 210 Å². The monoisotopic (exact) mass is 968 g/mol. The lowest BCUT2D eigenvalue weighted by Gasteiger charge is -2.39. The molecule has 370 valence electrons. The van der Waals surface area contributed by atoms with E-state index in [1.54, 1.807) is 0 Å². The van der Waals surface area contributed by atoms with E-state index in [0.29, 0.717) is 24.8 Å². The van der Waals surface area contributed by atoms with Crippen LogP contribution in [0.25, 0.3) is 41.2 Å². The highest BCUT2D eigenvalue weighted by Gasteiger charge is 2.36. The third-order valence-electron chi connectivity index (χ3n) is 15.0. The molecule has 74 heavy (non-hydrogen) atoms. The summed E-state index contributed by atoms with van der Waals surface area (Å²) in [6.45, 7) is 20.1. The summed E-state index contributed by atoms with van der Waals surface area (Å²) in [5, 5.41) is 8.32. The van der Waals surface area contributed by atoms with Gasteiger partial charge in [-0.15, -0.1) is 0 Å². The van der Waals surface area contributed by atoms with Crippen LogP contribution >= 0.6 is 0 Å². The number of benzene rings is 7. The van der Waals surface area contributed by atoms with E-state index in [9.17, 15) is 0 Å². The van der Waals surface area contributed by atoms with Gasteiger partial charge in [-0.1, -0.05) is 209 Å². The maximum Gasteiger partial charge on any atom is 0.157 e. The Balaban J connectivity index is 1.01. The molecule has 0 spiro atoms. The van der Waals surface area contributed by atoms with Crippen molar-refractivity contribution in [3.8, 4) is 0 Å². The Kier molecular flexibility index (Phi) is 16.2. The lowest BCUT2D eigenvalue weighted by Crippen LogP contribution is -2.30. The molecular formula is C69H69N5. The van der Waals surface area contributed by atoms with Crippen LogP contribution in [0.2, 0.25) is 0 Å². The Morgan fingerprint density at radius 2 is 1.43 bits per heavy atom. The van der Waals surface area contributed by atoms with Crippen molar-refractivity contribution in [3.63, 3.8) is 0 Å². The van der Waals surface area contributed by atoms with Crippen LogP contribution in [0.3, 0.4) is 0 Å². The van der Waals surface area contributed by atoms with E-state index >= 15 is 0 Å². The van der Waals surface area contributed by atoms with Crippen LogP contribution in [0.5, 0.6) is 0 Å². The van der Waals surface area contributed by atoms with Gasteiger partial charge in [-0.3, -0.25) is 9.98 Å². The number of hydrogen-bond acceptors (Lipinski definition) is 3. The van der Waals surface area contributed by atoms with Crippen molar-refractivity contribution < 1.29 is 0 Å². The van der Waals surface area contributed by atoms with E-state index < -0.39 is 0 Å². The molecule has 3 N–H and O–H groups in total. The quantitative estimate of drug-likeness (QED) is 0.0575. The van der Waals surface area contributed by atoms with Crippen molar-refractivity contribution >= 4 is 58.5 Å². The molecule has 9 rings (SSSR count). The second-order valence-electron chi connectivity index (χ2n) is 19.7. The van der Waals surface area contributed by atoms with Gasteiger partial charge in [0.05, 0.1) is 12.6 Å². The third-order valence-corrected chi connectivity index (χ3v) is 15.0. The average Bonchev–Trinajstić information content (AvgIpc) is 3.46. The molecule has 0 radical (unpaired) electrons. The SMILES string of the molecule is C=Cc1ccc(C(/N=C(\N)c2ccc(C3(c4ccc(C(CNC(=C)C(=C)/C=c5/cccc/c5=C/C)/N=C(\C)c5ccc6ccccc6c5)cc4)CCCCC3)cc2)=N/Cc2ccc3c(c2)C=CCC3)cc1/C=C\C. The molecule has 7 aromatic rings. The Morgan fingerprint density at radius 1 is 0.730 bits per heavy atom.